The number of rotatable bonds is 13. The van der Waals surface area contributed by atoms with Crippen molar-refractivity contribution in [3.63, 3.8) is 0 Å². The summed E-state index contributed by atoms with van der Waals surface area (Å²) in [6, 6.07) is -1.53. The topological polar surface area (TPSA) is 151 Å². The van der Waals surface area contributed by atoms with E-state index in [1.54, 1.807) is 27.7 Å². The Bertz CT molecular complexity index is 805. The lowest BCUT2D eigenvalue weighted by molar-refractivity contribution is -0.156. The summed E-state index contributed by atoms with van der Waals surface area (Å²) in [6.07, 6.45) is 3.60. The van der Waals surface area contributed by atoms with Crippen molar-refractivity contribution >= 4 is 35.6 Å². The van der Waals surface area contributed by atoms with E-state index >= 15 is 0 Å². The maximum atomic E-state index is 12.7. The third kappa shape index (κ3) is 9.94. The van der Waals surface area contributed by atoms with Gasteiger partial charge in [-0.1, -0.05) is 0 Å². The van der Waals surface area contributed by atoms with E-state index in [1.807, 2.05) is 0 Å². The van der Waals surface area contributed by atoms with Crippen LogP contribution < -0.4 is 10.6 Å². The number of hydrogen-bond acceptors (Lipinski definition) is 8. The summed E-state index contributed by atoms with van der Waals surface area (Å²) in [4.78, 5) is 76.7. The highest BCUT2D eigenvalue weighted by molar-refractivity contribution is 5.88. The summed E-state index contributed by atoms with van der Waals surface area (Å²) in [5, 5.41) is 5.28. The lowest BCUT2D eigenvalue weighted by Gasteiger charge is -2.24. The summed E-state index contributed by atoms with van der Waals surface area (Å²) < 4.78 is 10.2. The molecule has 2 aliphatic heterocycles. The quantitative estimate of drug-likeness (QED) is 0.256. The van der Waals surface area contributed by atoms with Crippen molar-refractivity contribution in [2.75, 3.05) is 26.3 Å². The van der Waals surface area contributed by atoms with Gasteiger partial charge in [-0.2, -0.15) is 0 Å². The number of nitrogens with zero attached hydrogens (tertiary/aromatic N) is 2. The third-order valence-corrected chi connectivity index (χ3v) is 6.31. The molecule has 2 heterocycles. The molecule has 0 saturated carbocycles. The van der Waals surface area contributed by atoms with E-state index in [0.29, 0.717) is 51.6 Å². The second-order valence-electron chi connectivity index (χ2n) is 10.4. The highest BCUT2D eigenvalue weighted by atomic mass is 16.5. The van der Waals surface area contributed by atoms with Crippen molar-refractivity contribution in [2.45, 2.75) is 103 Å². The van der Waals surface area contributed by atoms with Crippen molar-refractivity contribution in [1.29, 1.82) is 0 Å². The van der Waals surface area contributed by atoms with Gasteiger partial charge in [0, 0.05) is 38.0 Å². The van der Waals surface area contributed by atoms with Crippen LogP contribution in [0, 0.1) is 0 Å². The molecular weight excluding hydrogens is 496 g/mol. The molecule has 0 spiro atoms. The number of ether oxygens (including phenoxy) is 2. The second-order valence-corrected chi connectivity index (χ2v) is 10.4. The molecule has 2 unspecified atom stereocenters. The number of carbonyl (C=O) groups excluding carboxylic acids is 6. The van der Waals surface area contributed by atoms with Crippen LogP contribution in [0.3, 0.4) is 0 Å². The van der Waals surface area contributed by atoms with Gasteiger partial charge in [0.25, 0.3) is 11.8 Å². The average molecular weight is 539 g/mol. The summed E-state index contributed by atoms with van der Waals surface area (Å²) in [5.74, 6) is -2.33. The number of carbonyl (C=O) groups is 6. The first kappa shape index (κ1) is 31.0. The van der Waals surface area contributed by atoms with Crippen molar-refractivity contribution in [3.8, 4) is 0 Å². The fourth-order valence-corrected chi connectivity index (χ4v) is 4.65. The average Bonchev–Trinajstić information content (AvgIpc) is 3.53. The Kier molecular flexibility index (Phi) is 12.5. The molecule has 0 aromatic carbocycles. The molecule has 214 valence electrons. The van der Waals surface area contributed by atoms with E-state index in [4.69, 9.17) is 9.47 Å². The molecule has 2 N–H and O–H groups in total. The first-order valence-corrected chi connectivity index (χ1v) is 13.5. The Morgan fingerprint density at radius 3 is 1.39 bits per heavy atom. The first-order valence-electron chi connectivity index (χ1n) is 13.5. The molecule has 2 fully saturated rings. The monoisotopic (exact) mass is 538 g/mol. The van der Waals surface area contributed by atoms with Gasteiger partial charge in [-0.05, 0) is 66.2 Å². The zero-order valence-corrected chi connectivity index (χ0v) is 23.0. The standard InChI is InChI=1S/C26H42N4O8/c1-17(2)27-21(31)15-37-25(35)19-9-7-13-29(19)23(33)11-5-6-12-24(34)30-14-8-10-20(30)26(36)38-16-22(32)28-18(3)4/h17-20H,5-16H2,1-4H3,(H,27,31)(H,28,32). The van der Waals surface area contributed by atoms with Gasteiger partial charge >= 0.3 is 11.9 Å². The molecule has 2 aliphatic rings. The molecular formula is C26H42N4O8. The van der Waals surface area contributed by atoms with Gasteiger partial charge in [0.05, 0.1) is 0 Å². The normalized spacial score (nSPS) is 19.0. The molecule has 0 radical (unpaired) electrons. The molecule has 0 aliphatic carbocycles. The lowest BCUT2D eigenvalue weighted by Crippen LogP contribution is -2.43. The SMILES string of the molecule is CC(C)NC(=O)COC(=O)C1CCCN1C(=O)CCCCC(=O)N1CCCC1C(=O)OCC(=O)NC(C)C. The van der Waals surface area contributed by atoms with E-state index in [-0.39, 0.29) is 61.8 Å². The number of esters is 2. The van der Waals surface area contributed by atoms with Crippen LogP contribution in [-0.2, 0) is 38.2 Å². The predicted octanol–water partition coefficient (Wildman–Crippen LogP) is 0.664. The number of hydrogen-bond donors (Lipinski definition) is 2. The highest BCUT2D eigenvalue weighted by Gasteiger charge is 2.36. The van der Waals surface area contributed by atoms with Crippen LogP contribution in [-0.4, -0.2) is 95.8 Å². The summed E-state index contributed by atoms with van der Waals surface area (Å²) in [7, 11) is 0. The Hall–Kier alpha value is -3.18. The van der Waals surface area contributed by atoms with Crippen LogP contribution in [0.4, 0.5) is 0 Å². The molecule has 2 atom stereocenters. The fraction of sp³-hybridized carbons (Fsp3) is 0.769. The summed E-state index contributed by atoms with van der Waals surface area (Å²) in [6.45, 7) is 7.35. The van der Waals surface area contributed by atoms with Crippen molar-refractivity contribution in [1.82, 2.24) is 20.4 Å². The van der Waals surface area contributed by atoms with Crippen LogP contribution in [0.25, 0.3) is 0 Å². The number of unbranched alkanes of at least 4 members (excludes halogenated alkanes) is 1. The lowest BCUT2D eigenvalue weighted by atomic mass is 10.1. The molecule has 12 nitrogen and oxygen atoms in total. The molecule has 38 heavy (non-hydrogen) atoms. The van der Waals surface area contributed by atoms with E-state index in [1.165, 1.54) is 9.80 Å². The Balaban J connectivity index is 1.72. The Morgan fingerprint density at radius 1 is 0.684 bits per heavy atom. The summed E-state index contributed by atoms with van der Waals surface area (Å²) >= 11 is 0. The van der Waals surface area contributed by atoms with Crippen molar-refractivity contribution < 1.29 is 38.2 Å². The minimum absolute atomic E-state index is 0.0643. The van der Waals surface area contributed by atoms with E-state index in [2.05, 4.69) is 10.6 Å². The molecule has 4 amide bonds. The first-order chi connectivity index (χ1) is 18.0. The van der Waals surface area contributed by atoms with E-state index in [9.17, 15) is 28.8 Å². The smallest absolute Gasteiger partial charge is 0.329 e. The van der Waals surface area contributed by atoms with Gasteiger partial charge in [-0.3, -0.25) is 19.2 Å². The maximum absolute atomic E-state index is 12.7. The molecule has 2 saturated heterocycles. The van der Waals surface area contributed by atoms with E-state index < -0.39 is 24.0 Å². The zero-order chi connectivity index (χ0) is 28.2. The molecule has 0 aromatic heterocycles. The molecule has 0 aromatic rings. The van der Waals surface area contributed by atoms with Crippen molar-refractivity contribution in [2.24, 2.45) is 0 Å². The van der Waals surface area contributed by atoms with Crippen LogP contribution in [0.2, 0.25) is 0 Å². The maximum Gasteiger partial charge on any atom is 0.329 e. The largest absolute Gasteiger partial charge is 0.454 e. The van der Waals surface area contributed by atoms with E-state index in [0.717, 1.165) is 0 Å². The van der Waals surface area contributed by atoms with Crippen LogP contribution in [0.1, 0.15) is 79.1 Å². The van der Waals surface area contributed by atoms with Crippen LogP contribution in [0.15, 0.2) is 0 Å². The van der Waals surface area contributed by atoms with Gasteiger partial charge in [0.15, 0.2) is 13.2 Å². The fourth-order valence-electron chi connectivity index (χ4n) is 4.65. The minimum atomic E-state index is -0.699. The van der Waals surface area contributed by atoms with Gasteiger partial charge in [0.2, 0.25) is 11.8 Å². The van der Waals surface area contributed by atoms with Gasteiger partial charge < -0.3 is 29.9 Å². The third-order valence-electron chi connectivity index (χ3n) is 6.31. The predicted molar refractivity (Wildman–Crippen MR) is 136 cm³/mol. The summed E-state index contributed by atoms with van der Waals surface area (Å²) in [5.41, 5.74) is 0. The minimum Gasteiger partial charge on any atom is -0.454 e. The number of nitrogens with one attached hydrogen (secondary N) is 2. The highest BCUT2D eigenvalue weighted by Crippen LogP contribution is 2.22. The van der Waals surface area contributed by atoms with Crippen LogP contribution >= 0.6 is 0 Å². The zero-order valence-electron chi connectivity index (χ0n) is 23.0. The Labute approximate surface area is 224 Å². The van der Waals surface area contributed by atoms with Crippen LogP contribution in [0.5, 0.6) is 0 Å². The van der Waals surface area contributed by atoms with Gasteiger partial charge in [-0.15, -0.1) is 0 Å². The van der Waals surface area contributed by atoms with Gasteiger partial charge in [-0.25, -0.2) is 9.59 Å². The Morgan fingerprint density at radius 2 is 1.05 bits per heavy atom. The number of amides is 4. The molecule has 0 bridgehead atoms. The second kappa shape index (κ2) is 15.3. The van der Waals surface area contributed by atoms with Crippen molar-refractivity contribution in [3.05, 3.63) is 0 Å². The molecule has 2 rings (SSSR count). The molecule has 12 heteroatoms. The van der Waals surface area contributed by atoms with Gasteiger partial charge in [0.1, 0.15) is 12.1 Å². The number of likely N-dealkylation sites (tertiary alicyclic amines) is 2.